The number of nitrogens with zero attached hydrogens (tertiary/aromatic N) is 4. The van der Waals surface area contributed by atoms with Crippen LogP contribution in [0.3, 0.4) is 0 Å². The van der Waals surface area contributed by atoms with Crippen molar-refractivity contribution in [3.63, 3.8) is 0 Å². The van der Waals surface area contributed by atoms with E-state index in [1.165, 1.54) is 7.11 Å². The number of fused-ring (bicyclic) bond motifs is 1. The maximum Gasteiger partial charge on any atom is 0.307 e. The van der Waals surface area contributed by atoms with Gasteiger partial charge in [0.25, 0.3) is 0 Å². The molecule has 0 radical (unpaired) electrons. The van der Waals surface area contributed by atoms with Gasteiger partial charge >= 0.3 is 5.97 Å². The molecule has 0 aromatic carbocycles. The van der Waals surface area contributed by atoms with Crippen molar-refractivity contribution in [3.05, 3.63) is 41.7 Å². The number of ether oxygens (including phenoxy) is 1. The van der Waals surface area contributed by atoms with Crippen LogP contribution < -0.4 is 5.32 Å². The van der Waals surface area contributed by atoms with Crippen molar-refractivity contribution in [2.45, 2.75) is 33.2 Å². The largest absolute Gasteiger partial charge is 0.469 e. The summed E-state index contributed by atoms with van der Waals surface area (Å²) in [5.41, 5.74) is 1.40. The van der Waals surface area contributed by atoms with Gasteiger partial charge in [0, 0.05) is 18.3 Å². The number of aromatic nitrogens is 5. The first-order valence-corrected chi connectivity index (χ1v) is 10.4. The normalized spacial score (nSPS) is 12.7. The Labute approximate surface area is 189 Å². The summed E-state index contributed by atoms with van der Waals surface area (Å²) in [6.45, 7) is 6.12. The monoisotopic (exact) mass is 454 g/mol. The fourth-order valence-electron chi connectivity index (χ4n) is 3.23. The summed E-state index contributed by atoms with van der Waals surface area (Å²) >= 11 is 6.14. The summed E-state index contributed by atoms with van der Waals surface area (Å²) in [7, 11) is 1.38. The highest BCUT2D eigenvalue weighted by atomic mass is 35.5. The Kier molecular flexibility index (Phi) is 5.84. The first-order chi connectivity index (χ1) is 15.2. The fourth-order valence-corrected chi connectivity index (χ4v) is 3.39. The van der Waals surface area contributed by atoms with Gasteiger partial charge in [-0.3, -0.25) is 9.89 Å². The van der Waals surface area contributed by atoms with E-state index in [0.29, 0.717) is 44.8 Å². The quantitative estimate of drug-likeness (QED) is 0.402. The van der Waals surface area contributed by atoms with Crippen molar-refractivity contribution in [2.75, 3.05) is 12.4 Å². The lowest BCUT2D eigenvalue weighted by atomic mass is 9.84. The molecule has 10 heteroatoms. The van der Waals surface area contributed by atoms with Gasteiger partial charge in [-0.05, 0) is 23.6 Å². The smallest absolute Gasteiger partial charge is 0.307 e. The molecule has 1 atom stereocenters. The Morgan fingerprint density at radius 3 is 2.81 bits per heavy atom. The highest BCUT2D eigenvalue weighted by Crippen LogP contribution is 2.31. The van der Waals surface area contributed by atoms with E-state index in [-0.39, 0.29) is 23.8 Å². The molecule has 0 amide bonds. The van der Waals surface area contributed by atoms with Crippen molar-refractivity contribution in [1.29, 1.82) is 0 Å². The fraction of sp³-hybridized carbons (Fsp3) is 0.318. The second kappa shape index (κ2) is 8.58. The van der Waals surface area contributed by atoms with E-state index in [4.69, 9.17) is 20.8 Å². The first kappa shape index (κ1) is 21.8. The van der Waals surface area contributed by atoms with Crippen molar-refractivity contribution in [3.8, 4) is 23.0 Å². The van der Waals surface area contributed by atoms with E-state index < -0.39 is 0 Å². The number of pyridine rings is 1. The van der Waals surface area contributed by atoms with Crippen molar-refractivity contribution >= 4 is 34.4 Å². The number of rotatable bonds is 6. The van der Waals surface area contributed by atoms with Crippen LogP contribution in [0, 0.1) is 5.41 Å². The number of hydrogen-bond acceptors (Lipinski definition) is 8. The second-order valence-corrected chi connectivity index (χ2v) is 8.84. The minimum Gasteiger partial charge on any atom is -0.469 e. The summed E-state index contributed by atoms with van der Waals surface area (Å²) in [6, 6.07) is 6.89. The summed E-state index contributed by atoms with van der Waals surface area (Å²) in [6.07, 6.45) is 3.30. The SMILES string of the molecule is COC(=O)C[C@@H](Nc1cc(-c2ccco2)nc(-c2n[nH]c3ncc(Cl)cc23)n1)C(C)(C)C. The van der Waals surface area contributed by atoms with Crippen LogP contribution in [-0.4, -0.2) is 44.3 Å². The van der Waals surface area contributed by atoms with Gasteiger partial charge < -0.3 is 14.5 Å². The van der Waals surface area contributed by atoms with Gasteiger partial charge in [0.1, 0.15) is 17.2 Å². The molecule has 0 aliphatic rings. The summed E-state index contributed by atoms with van der Waals surface area (Å²) < 4.78 is 10.4. The van der Waals surface area contributed by atoms with Crippen LogP contribution >= 0.6 is 11.6 Å². The zero-order chi connectivity index (χ0) is 22.9. The van der Waals surface area contributed by atoms with Crippen LogP contribution in [0.4, 0.5) is 5.82 Å². The molecule has 4 aromatic rings. The van der Waals surface area contributed by atoms with E-state index in [2.05, 4.69) is 30.5 Å². The third-order valence-corrected chi connectivity index (χ3v) is 5.27. The van der Waals surface area contributed by atoms with E-state index in [0.717, 1.165) is 0 Å². The summed E-state index contributed by atoms with van der Waals surface area (Å²) in [4.78, 5) is 25.6. The predicted molar refractivity (Wildman–Crippen MR) is 121 cm³/mol. The van der Waals surface area contributed by atoms with Crippen LogP contribution in [0.1, 0.15) is 27.2 Å². The third-order valence-electron chi connectivity index (χ3n) is 5.06. The highest BCUT2D eigenvalue weighted by Gasteiger charge is 2.28. The molecule has 166 valence electrons. The van der Waals surface area contributed by atoms with Crippen LogP contribution in [0.2, 0.25) is 5.02 Å². The van der Waals surface area contributed by atoms with E-state index in [1.807, 2.05) is 26.8 Å². The number of halogens is 1. The van der Waals surface area contributed by atoms with Crippen molar-refractivity contribution < 1.29 is 13.9 Å². The molecule has 2 N–H and O–H groups in total. The minimum absolute atomic E-state index is 0.181. The van der Waals surface area contributed by atoms with Gasteiger partial charge in [0.15, 0.2) is 17.2 Å². The third kappa shape index (κ3) is 4.57. The lowest BCUT2D eigenvalue weighted by Crippen LogP contribution is -2.36. The summed E-state index contributed by atoms with van der Waals surface area (Å²) in [5, 5.41) is 11.8. The number of furan rings is 1. The lowest BCUT2D eigenvalue weighted by Gasteiger charge is -2.31. The molecule has 4 rings (SSSR count). The molecule has 0 aliphatic carbocycles. The average Bonchev–Trinajstić information content (AvgIpc) is 3.42. The van der Waals surface area contributed by atoms with Gasteiger partial charge in [-0.15, -0.1) is 0 Å². The number of anilines is 1. The van der Waals surface area contributed by atoms with Crippen molar-refractivity contribution in [2.24, 2.45) is 5.41 Å². The number of hydrogen-bond donors (Lipinski definition) is 2. The Morgan fingerprint density at radius 1 is 1.31 bits per heavy atom. The van der Waals surface area contributed by atoms with Gasteiger partial charge in [-0.2, -0.15) is 5.10 Å². The van der Waals surface area contributed by atoms with E-state index in [1.54, 1.807) is 30.7 Å². The molecule has 0 fully saturated rings. The molecular weight excluding hydrogens is 432 g/mol. The van der Waals surface area contributed by atoms with Gasteiger partial charge in [0.05, 0.1) is 30.2 Å². The van der Waals surface area contributed by atoms with Crippen LogP contribution in [0.5, 0.6) is 0 Å². The van der Waals surface area contributed by atoms with E-state index >= 15 is 0 Å². The number of carbonyl (C=O) groups is 1. The Morgan fingerprint density at radius 2 is 2.12 bits per heavy atom. The molecular formula is C22H23ClN6O3. The zero-order valence-electron chi connectivity index (χ0n) is 18.1. The summed E-state index contributed by atoms with van der Waals surface area (Å²) in [5.74, 6) is 1.16. The minimum atomic E-state index is -0.308. The Bertz CT molecular complexity index is 1250. The highest BCUT2D eigenvalue weighted by molar-refractivity contribution is 6.31. The zero-order valence-corrected chi connectivity index (χ0v) is 18.9. The maximum absolute atomic E-state index is 12.0. The standard InChI is InChI=1S/C22H23ClN6O3/c1-22(2,3)16(10-18(30)31-4)26-17-9-14(15-6-5-7-32-15)25-21(27-17)19-13-8-12(23)11-24-20(13)29-28-19/h5-9,11,16H,10H2,1-4H3,(H,24,28,29)(H,25,26,27)/t16-/m1/s1. The number of aromatic amines is 1. The number of H-pyrrole nitrogens is 1. The molecule has 32 heavy (non-hydrogen) atoms. The van der Waals surface area contributed by atoms with Crippen LogP contribution in [-0.2, 0) is 9.53 Å². The maximum atomic E-state index is 12.0. The number of esters is 1. The second-order valence-electron chi connectivity index (χ2n) is 8.40. The molecule has 0 saturated carbocycles. The van der Waals surface area contributed by atoms with Gasteiger partial charge in [-0.1, -0.05) is 32.4 Å². The van der Waals surface area contributed by atoms with E-state index in [9.17, 15) is 4.79 Å². The Balaban J connectivity index is 1.81. The molecule has 0 aliphatic heterocycles. The predicted octanol–water partition coefficient (Wildman–Crippen LogP) is 4.72. The molecule has 9 nitrogen and oxygen atoms in total. The van der Waals surface area contributed by atoms with Crippen LogP contribution in [0.25, 0.3) is 34.0 Å². The molecule has 4 aromatic heterocycles. The van der Waals surface area contributed by atoms with Crippen molar-refractivity contribution in [1.82, 2.24) is 25.1 Å². The topological polar surface area (TPSA) is 119 Å². The molecule has 0 saturated heterocycles. The van der Waals surface area contributed by atoms with Gasteiger partial charge in [-0.25, -0.2) is 15.0 Å². The number of nitrogens with one attached hydrogen (secondary N) is 2. The van der Waals surface area contributed by atoms with Crippen LogP contribution in [0.15, 0.2) is 41.1 Å². The molecule has 0 bridgehead atoms. The Hall–Kier alpha value is -3.46. The molecule has 4 heterocycles. The first-order valence-electron chi connectivity index (χ1n) is 10.0. The number of carbonyl (C=O) groups excluding carboxylic acids is 1. The number of methoxy groups -OCH3 is 1. The molecule has 0 spiro atoms. The average molecular weight is 455 g/mol. The van der Waals surface area contributed by atoms with Gasteiger partial charge in [0.2, 0.25) is 0 Å². The lowest BCUT2D eigenvalue weighted by molar-refractivity contribution is -0.141. The molecule has 0 unspecified atom stereocenters.